The zero-order valence-corrected chi connectivity index (χ0v) is 11.1. The lowest BCUT2D eigenvalue weighted by atomic mass is 10.2. The van der Waals surface area contributed by atoms with Crippen LogP contribution in [-0.2, 0) is 13.6 Å². The van der Waals surface area contributed by atoms with Crippen LogP contribution in [0.4, 0.5) is 0 Å². The van der Waals surface area contributed by atoms with Gasteiger partial charge in [0, 0.05) is 32.7 Å². The highest BCUT2D eigenvalue weighted by Crippen LogP contribution is 2.16. The summed E-state index contributed by atoms with van der Waals surface area (Å²) < 4.78 is 2.21. The summed E-state index contributed by atoms with van der Waals surface area (Å²) in [6, 6.07) is 8.92. The van der Waals surface area contributed by atoms with Gasteiger partial charge in [0.1, 0.15) is 5.82 Å². The summed E-state index contributed by atoms with van der Waals surface area (Å²) >= 11 is 0. The van der Waals surface area contributed by atoms with E-state index >= 15 is 0 Å². The molecule has 0 amide bonds. The highest BCUT2D eigenvalue weighted by molar-refractivity contribution is 5.75. The molecular weight excluding hydrogens is 224 g/mol. The second kappa shape index (κ2) is 4.71. The molecule has 1 N–H and O–H groups in total. The second-order valence-electron chi connectivity index (χ2n) is 5.10. The Morgan fingerprint density at radius 2 is 2.22 bits per heavy atom. The molecule has 1 aromatic heterocycles. The first kappa shape index (κ1) is 11.7. The molecule has 1 aromatic carbocycles. The van der Waals surface area contributed by atoms with Crippen LogP contribution in [0.3, 0.4) is 0 Å². The third kappa shape index (κ3) is 2.02. The summed E-state index contributed by atoms with van der Waals surface area (Å²) in [5.74, 6) is 1.16. The van der Waals surface area contributed by atoms with Crippen LogP contribution < -0.4 is 5.32 Å². The molecule has 1 aliphatic heterocycles. The lowest BCUT2D eigenvalue weighted by Gasteiger charge is -2.33. The van der Waals surface area contributed by atoms with Crippen molar-refractivity contribution in [3.05, 3.63) is 30.1 Å². The molecule has 18 heavy (non-hydrogen) atoms. The van der Waals surface area contributed by atoms with Crippen molar-refractivity contribution in [2.75, 3.05) is 19.6 Å². The molecule has 2 heterocycles. The van der Waals surface area contributed by atoms with Crippen molar-refractivity contribution in [3.8, 4) is 0 Å². The second-order valence-corrected chi connectivity index (χ2v) is 5.10. The van der Waals surface area contributed by atoms with Crippen molar-refractivity contribution >= 4 is 11.0 Å². The number of benzene rings is 1. The highest BCUT2D eigenvalue weighted by Gasteiger charge is 2.20. The van der Waals surface area contributed by atoms with Crippen molar-refractivity contribution in [2.24, 2.45) is 7.05 Å². The molecule has 1 fully saturated rings. The van der Waals surface area contributed by atoms with Gasteiger partial charge in [-0.15, -0.1) is 0 Å². The molecule has 0 spiro atoms. The van der Waals surface area contributed by atoms with E-state index in [1.807, 2.05) is 6.07 Å². The maximum atomic E-state index is 4.74. The van der Waals surface area contributed by atoms with Crippen molar-refractivity contribution in [1.82, 2.24) is 19.8 Å². The minimum absolute atomic E-state index is 0.582. The number of para-hydroxylation sites is 2. The quantitative estimate of drug-likeness (QED) is 0.866. The van der Waals surface area contributed by atoms with E-state index < -0.39 is 0 Å². The number of nitrogens with zero attached hydrogens (tertiary/aromatic N) is 3. The van der Waals surface area contributed by atoms with Gasteiger partial charge in [0.15, 0.2) is 0 Å². The number of hydrogen-bond donors (Lipinski definition) is 1. The molecule has 3 rings (SSSR count). The minimum atomic E-state index is 0.582. The average Bonchev–Trinajstić information content (AvgIpc) is 2.70. The third-order valence-corrected chi connectivity index (χ3v) is 3.86. The largest absolute Gasteiger partial charge is 0.330 e. The van der Waals surface area contributed by atoms with Gasteiger partial charge in [-0.2, -0.15) is 0 Å². The van der Waals surface area contributed by atoms with Gasteiger partial charge in [0.05, 0.1) is 17.6 Å². The van der Waals surface area contributed by atoms with E-state index in [0.717, 1.165) is 37.5 Å². The van der Waals surface area contributed by atoms with Crippen LogP contribution in [0.1, 0.15) is 12.7 Å². The Hall–Kier alpha value is -1.39. The van der Waals surface area contributed by atoms with E-state index in [4.69, 9.17) is 4.98 Å². The molecular formula is C14H20N4. The van der Waals surface area contributed by atoms with Crippen LogP contribution in [0.5, 0.6) is 0 Å². The van der Waals surface area contributed by atoms with Crippen molar-refractivity contribution in [1.29, 1.82) is 0 Å². The Bertz CT molecular complexity index is 546. The number of piperazine rings is 1. The van der Waals surface area contributed by atoms with Gasteiger partial charge in [-0.25, -0.2) is 4.98 Å². The zero-order valence-electron chi connectivity index (χ0n) is 11.1. The zero-order chi connectivity index (χ0) is 12.5. The van der Waals surface area contributed by atoms with Gasteiger partial charge in [-0.1, -0.05) is 12.1 Å². The van der Waals surface area contributed by atoms with E-state index in [-0.39, 0.29) is 0 Å². The lowest BCUT2D eigenvalue weighted by Crippen LogP contribution is -2.49. The Balaban J connectivity index is 1.88. The van der Waals surface area contributed by atoms with E-state index in [1.54, 1.807) is 0 Å². The predicted octanol–water partition coefficient (Wildman–Crippen LogP) is 1.37. The molecule has 4 nitrogen and oxygen atoms in total. The van der Waals surface area contributed by atoms with Gasteiger partial charge in [0.2, 0.25) is 0 Å². The van der Waals surface area contributed by atoms with Crippen LogP contribution >= 0.6 is 0 Å². The van der Waals surface area contributed by atoms with Gasteiger partial charge >= 0.3 is 0 Å². The molecule has 2 aromatic rings. The molecule has 0 saturated carbocycles. The van der Waals surface area contributed by atoms with E-state index in [0.29, 0.717) is 6.04 Å². The normalized spacial score (nSPS) is 21.6. The predicted molar refractivity (Wildman–Crippen MR) is 73.5 cm³/mol. The van der Waals surface area contributed by atoms with Crippen LogP contribution in [0.15, 0.2) is 24.3 Å². The first-order valence-corrected chi connectivity index (χ1v) is 6.61. The fourth-order valence-corrected chi connectivity index (χ4v) is 2.64. The molecule has 96 valence electrons. The van der Waals surface area contributed by atoms with Crippen LogP contribution in [0.2, 0.25) is 0 Å². The smallest absolute Gasteiger partial charge is 0.123 e. The van der Waals surface area contributed by atoms with Crippen molar-refractivity contribution < 1.29 is 0 Å². The van der Waals surface area contributed by atoms with Gasteiger partial charge in [-0.3, -0.25) is 4.90 Å². The molecule has 1 aliphatic rings. The average molecular weight is 244 g/mol. The van der Waals surface area contributed by atoms with Crippen LogP contribution in [0.25, 0.3) is 11.0 Å². The van der Waals surface area contributed by atoms with E-state index in [1.165, 1.54) is 5.52 Å². The number of aromatic nitrogens is 2. The Kier molecular flexibility index (Phi) is 3.06. The molecule has 0 radical (unpaired) electrons. The molecule has 1 saturated heterocycles. The first-order valence-electron chi connectivity index (χ1n) is 6.61. The van der Waals surface area contributed by atoms with E-state index in [2.05, 4.69) is 47.0 Å². The summed E-state index contributed by atoms with van der Waals surface area (Å²) in [6.07, 6.45) is 0. The summed E-state index contributed by atoms with van der Waals surface area (Å²) in [7, 11) is 2.11. The lowest BCUT2D eigenvalue weighted by molar-refractivity contribution is 0.160. The number of nitrogens with one attached hydrogen (secondary N) is 1. The minimum Gasteiger partial charge on any atom is -0.330 e. The fourth-order valence-electron chi connectivity index (χ4n) is 2.64. The van der Waals surface area contributed by atoms with Crippen molar-refractivity contribution in [3.63, 3.8) is 0 Å². The fraction of sp³-hybridized carbons (Fsp3) is 0.500. The molecule has 0 bridgehead atoms. The maximum absolute atomic E-state index is 4.74. The molecule has 0 unspecified atom stereocenters. The summed E-state index contributed by atoms with van der Waals surface area (Å²) in [4.78, 5) is 7.24. The number of aryl methyl sites for hydroxylation is 1. The van der Waals surface area contributed by atoms with E-state index in [9.17, 15) is 0 Å². The topological polar surface area (TPSA) is 33.1 Å². The number of rotatable bonds is 2. The van der Waals surface area contributed by atoms with Crippen molar-refractivity contribution in [2.45, 2.75) is 19.5 Å². The Morgan fingerprint density at radius 3 is 3.00 bits per heavy atom. The van der Waals surface area contributed by atoms with Gasteiger partial charge < -0.3 is 9.88 Å². The summed E-state index contributed by atoms with van der Waals surface area (Å²) in [5.41, 5.74) is 2.31. The molecule has 4 heteroatoms. The maximum Gasteiger partial charge on any atom is 0.123 e. The summed E-state index contributed by atoms with van der Waals surface area (Å²) in [6.45, 7) is 6.46. The van der Waals surface area contributed by atoms with Crippen LogP contribution in [-0.4, -0.2) is 40.1 Å². The standard InChI is InChI=1S/C14H20N4/c1-11-9-15-7-8-18(11)10-14-16-12-5-3-4-6-13(12)17(14)2/h3-6,11,15H,7-10H2,1-2H3/t11-/m0/s1. The first-order chi connectivity index (χ1) is 8.75. The van der Waals surface area contributed by atoms with Gasteiger partial charge in [-0.05, 0) is 19.1 Å². The summed E-state index contributed by atoms with van der Waals surface area (Å²) in [5, 5.41) is 3.42. The number of fused-ring (bicyclic) bond motifs is 1. The molecule has 1 atom stereocenters. The molecule has 0 aliphatic carbocycles. The third-order valence-electron chi connectivity index (χ3n) is 3.86. The monoisotopic (exact) mass is 244 g/mol. The Morgan fingerprint density at radius 1 is 1.39 bits per heavy atom. The number of hydrogen-bond acceptors (Lipinski definition) is 3. The SMILES string of the molecule is C[C@H]1CNCCN1Cc1nc2ccccc2n1C. The Labute approximate surface area is 108 Å². The van der Waals surface area contributed by atoms with Crippen LogP contribution in [0, 0.1) is 0 Å². The number of imidazole rings is 1. The highest BCUT2D eigenvalue weighted by atomic mass is 15.2. The van der Waals surface area contributed by atoms with Gasteiger partial charge in [0.25, 0.3) is 0 Å².